The predicted molar refractivity (Wildman–Crippen MR) is 73.8 cm³/mol. The van der Waals surface area contributed by atoms with Crippen LogP contribution in [0.1, 0.15) is 29.0 Å². The third-order valence-corrected chi connectivity index (χ3v) is 4.47. The highest BCUT2D eigenvalue weighted by Crippen LogP contribution is 2.31. The van der Waals surface area contributed by atoms with Gasteiger partial charge in [0.05, 0.1) is 10.5 Å². The van der Waals surface area contributed by atoms with Crippen molar-refractivity contribution in [3.8, 4) is 0 Å². The zero-order valence-corrected chi connectivity index (χ0v) is 12.1. The molecule has 0 saturated carbocycles. The minimum Gasteiger partial charge on any atom is -0.320 e. The lowest BCUT2D eigenvalue weighted by Crippen LogP contribution is -2.14. The molecule has 0 spiro atoms. The number of halogens is 3. The molecule has 2 aromatic rings. The van der Waals surface area contributed by atoms with Crippen molar-refractivity contribution in [1.82, 2.24) is 0 Å². The summed E-state index contributed by atoms with van der Waals surface area (Å²) in [6.07, 6.45) is 0.827. The zero-order valence-electron chi connectivity index (χ0n) is 9.71. The van der Waals surface area contributed by atoms with Gasteiger partial charge in [-0.15, -0.1) is 11.3 Å². The summed E-state index contributed by atoms with van der Waals surface area (Å²) in [6.45, 7) is 2.01. The first kappa shape index (κ1) is 13.6. The van der Waals surface area contributed by atoms with Crippen LogP contribution in [-0.4, -0.2) is 0 Å². The van der Waals surface area contributed by atoms with Crippen molar-refractivity contribution in [3.63, 3.8) is 0 Å². The second-order valence-electron chi connectivity index (χ2n) is 3.93. The van der Waals surface area contributed by atoms with Crippen LogP contribution in [0.2, 0.25) is 0 Å². The highest BCUT2D eigenvalue weighted by atomic mass is 79.9. The molecule has 0 amide bonds. The van der Waals surface area contributed by atoms with Crippen LogP contribution in [-0.2, 0) is 6.42 Å². The van der Waals surface area contributed by atoms with Gasteiger partial charge in [0, 0.05) is 10.4 Å². The molecule has 1 aromatic heterocycles. The summed E-state index contributed by atoms with van der Waals surface area (Å²) in [7, 11) is 0. The Bertz CT molecular complexity index is 568. The van der Waals surface area contributed by atoms with Gasteiger partial charge in [-0.3, -0.25) is 0 Å². The van der Waals surface area contributed by atoms with E-state index in [1.165, 1.54) is 11.3 Å². The predicted octanol–water partition coefficient (Wildman–Crippen LogP) is 4.40. The molecule has 0 aliphatic rings. The zero-order chi connectivity index (χ0) is 13.3. The van der Waals surface area contributed by atoms with Crippen molar-refractivity contribution in [2.24, 2.45) is 5.73 Å². The van der Waals surface area contributed by atoms with Gasteiger partial charge < -0.3 is 5.73 Å². The van der Waals surface area contributed by atoms with E-state index in [0.29, 0.717) is 0 Å². The number of hydrogen-bond donors (Lipinski definition) is 1. The van der Waals surface area contributed by atoms with Crippen molar-refractivity contribution < 1.29 is 8.78 Å². The van der Waals surface area contributed by atoms with E-state index in [4.69, 9.17) is 5.73 Å². The van der Waals surface area contributed by atoms with E-state index in [2.05, 4.69) is 15.9 Å². The van der Waals surface area contributed by atoms with E-state index < -0.39 is 17.7 Å². The van der Waals surface area contributed by atoms with E-state index in [9.17, 15) is 8.78 Å². The van der Waals surface area contributed by atoms with Gasteiger partial charge in [0.25, 0.3) is 0 Å². The molecule has 2 N–H and O–H groups in total. The SMILES string of the molecule is CCc1ccsc1C(N)c1cc(F)c(Br)cc1F. The lowest BCUT2D eigenvalue weighted by Gasteiger charge is -2.14. The molecule has 0 fully saturated rings. The standard InChI is InChI=1S/C13H12BrF2NS/c1-2-7-3-4-18-13(7)12(17)8-5-11(16)9(14)6-10(8)15/h3-6,12H,2,17H2,1H3. The van der Waals surface area contributed by atoms with Crippen molar-refractivity contribution in [1.29, 1.82) is 0 Å². The van der Waals surface area contributed by atoms with Gasteiger partial charge in [-0.05, 0) is 51.5 Å². The molecule has 0 aliphatic carbocycles. The minimum atomic E-state index is -0.623. The Morgan fingerprint density at radius 1 is 1.33 bits per heavy atom. The number of rotatable bonds is 3. The first-order valence-electron chi connectivity index (χ1n) is 5.50. The topological polar surface area (TPSA) is 26.0 Å². The molecule has 0 bridgehead atoms. The van der Waals surface area contributed by atoms with Gasteiger partial charge in [-0.1, -0.05) is 6.92 Å². The summed E-state index contributed by atoms with van der Waals surface area (Å²) in [5, 5.41) is 1.92. The number of benzene rings is 1. The Hall–Kier alpha value is -0.780. The smallest absolute Gasteiger partial charge is 0.137 e. The largest absolute Gasteiger partial charge is 0.320 e. The van der Waals surface area contributed by atoms with Crippen molar-refractivity contribution in [2.75, 3.05) is 0 Å². The van der Waals surface area contributed by atoms with Gasteiger partial charge in [0.2, 0.25) is 0 Å². The molecule has 1 aromatic carbocycles. The van der Waals surface area contributed by atoms with Crippen LogP contribution in [0.4, 0.5) is 8.78 Å². The molecule has 1 unspecified atom stereocenters. The Morgan fingerprint density at radius 2 is 2.06 bits per heavy atom. The molecule has 5 heteroatoms. The molecule has 1 nitrogen and oxygen atoms in total. The fourth-order valence-corrected chi connectivity index (χ4v) is 3.16. The van der Waals surface area contributed by atoms with Gasteiger partial charge in [0.1, 0.15) is 11.6 Å². The van der Waals surface area contributed by atoms with E-state index in [1.807, 2.05) is 18.4 Å². The average Bonchev–Trinajstić information content (AvgIpc) is 2.81. The molecule has 0 saturated heterocycles. The summed E-state index contributed by atoms with van der Waals surface area (Å²) >= 11 is 4.42. The number of hydrogen-bond acceptors (Lipinski definition) is 2. The summed E-state index contributed by atoms with van der Waals surface area (Å²) < 4.78 is 27.4. The molecular weight excluding hydrogens is 320 g/mol. The van der Waals surface area contributed by atoms with Crippen LogP contribution in [0.15, 0.2) is 28.1 Å². The summed E-state index contributed by atoms with van der Waals surface area (Å²) in [5.74, 6) is -0.998. The lowest BCUT2D eigenvalue weighted by molar-refractivity contribution is 0.573. The maximum Gasteiger partial charge on any atom is 0.137 e. The highest BCUT2D eigenvalue weighted by Gasteiger charge is 2.19. The van der Waals surface area contributed by atoms with Crippen molar-refractivity contribution in [3.05, 3.63) is 55.7 Å². The highest BCUT2D eigenvalue weighted by molar-refractivity contribution is 9.10. The summed E-state index contributed by atoms with van der Waals surface area (Å²) in [4.78, 5) is 0.887. The molecule has 18 heavy (non-hydrogen) atoms. The maximum atomic E-state index is 13.8. The monoisotopic (exact) mass is 331 g/mol. The normalized spacial score (nSPS) is 12.7. The average molecular weight is 332 g/mol. The maximum absolute atomic E-state index is 13.8. The van der Waals surface area contributed by atoms with Crippen LogP contribution in [0, 0.1) is 11.6 Å². The Morgan fingerprint density at radius 3 is 2.72 bits per heavy atom. The van der Waals surface area contributed by atoms with Gasteiger partial charge in [0.15, 0.2) is 0 Å². The summed E-state index contributed by atoms with van der Waals surface area (Å²) in [5.41, 5.74) is 7.31. The van der Waals surface area contributed by atoms with Crippen molar-refractivity contribution >= 4 is 27.3 Å². The molecule has 1 heterocycles. The fourth-order valence-electron chi connectivity index (χ4n) is 1.83. The number of thiophene rings is 1. The number of nitrogens with two attached hydrogens (primary N) is 1. The number of aryl methyl sites for hydroxylation is 1. The minimum absolute atomic E-state index is 0.109. The first-order chi connectivity index (χ1) is 8.54. The van der Waals surface area contributed by atoms with Gasteiger partial charge in [-0.2, -0.15) is 0 Å². The summed E-state index contributed by atoms with van der Waals surface area (Å²) in [6, 6.07) is 3.61. The van der Waals surface area contributed by atoms with E-state index in [-0.39, 0.29) is 10.0 Å². The van der Waals surface area contributed by atoms with E-state index in [0.717, 1.165) is 29.0 Å². The molecule has 1 atom stereocenters. The Balaban J connectivity index is 2.46. The van der Waals surface area contributed by atoms with Crippen LogP contribution in [0.25, 0.3) is 0 Å². The molecule has 0 radical (unpaired) electrons. The quantitative estimate of drug-likeness (QED) is 0.829. The van der Waals surface area contributed by atoms with Crippen LogP contribution < -0.4 is 5.73 Å². The lowest BCUT2D eigenvalue weighted by atomic mass is 10.0. The van der Waals surface area contributed by atoms with Crippen molar-refractivity contribution in [2.45, 2.75) is 19.4 Å². The Labute approximate surface area is 117 Å². The van der Waals surface area contributed by atoms with Crippen LogP contribution >= 0.6 is 27.3 Å². The fraction of sp³-hybridized carbons (Fsp3) is 0.231. The molecule has 96 valence electrons. The van der Waals surface area contributed by atoms with Gasteiger partial charge >= 0.3 is 0 Å². The second-order valence-corrected chi connectivity index (χ2v) is 5.73. The van der Waals surface area contributed by atoms with E-state index in [1.54, 1.807) is 0 Å². The third-order valence-electron chi connectivity index (χ3n) is 2.82. The van der Waals surface area contributed by atoms with Gasteiger partial charge in [-0.25, -0.2) is 8.78 Å². The van der Waals surface area contributed by atoms with Crippen LogP contribution in [0.3, 0.4) is 0 Å². The molecule has 0 aliphatic heterocycles. The third kappa shape index (κ3) is 2.48. The molecular formula is C13H12BrF2NS. The van der Waals surface area contributed by atoms with Crippen LogP contribution in [0.5, 0.6) is 0 Å². The van der Waals surface area contributed by atoms with E-state index >= 15 is 0 Å². The Kier molecular flexibility index (Phi) is 4.14. The second kappa shape index (κ2) is 5.47. The molecule has 2 rings (SSSR count). The first-order valence-corrected chi connectivity index (χ1v) is 7.18.